The lowest BCUT2D eigenvalue weighted by molar-refractivity contribution is -0.00820. The van der Waals surface area contributed by atoms with E-state index in [4.69, 9.17) is 15.4 Å². The van der Waals surface area contributed by atoms with E-state index in [1.807, 2.05) is 20.8 Å². The molecule has 1 aromatic heterocycles. The molecule has 1 amide bonds. The summed E-state index contributed by atoms with van der Waals surface area (Å²) in [6, 6.07) is 1.24. The maximum absolute atomic E-state index is 12.0. The average molecular weight is 323 g/mol. The first-order valence-electron chi connectivity index (χ1n) is 6.10. The van der Waals surface area contributed by atoms with Crippen LogP contribution < -0.4 is 5.32 Å². The van der Waals surface area contributed by atoms with Crippen molar-refractivity contribution in [3.05, 3.63) is 18.0 Å². The number of amides is 1. The fraction of sp³-hybridized carbons (Fsp3) is 0.583. The molecule has 0 aliphatic heterocycles. The minimum Gasteiger partial charge on any atom is -0.374 e. The molecule has 0 radical (unpaired) electrons. The summed E-state index contributed by atoms with van der Waals surface area (Å²) in [5, 5.41) is 2.71. The van der Waals surface area contributed by atoms with Crippen LogP contribution in [0.15, 0.2) is 17.2 Å². The molecule has 0 atom stereocenters. The minimum absolute atomic E-state index is 0.101. The number of ether oxygens (including phenoxy) is 1. The lowest BCUT2D eigenvalue weighted by Crippen LogP contribution is -2.40. The number of rotatable bonds is 6. The SMILES string of the molecule is CCOC(C)(C)CNC(=O)c1cc(S(=O)(=O)Cl)cn1C. The van der Waals surface area contributed by atoms with Crippen LogP contribution >= 0.6 is 10.7 Å². The van der Waals surface area contributed by atoms with E-state index in [-0.39, 0.29) is 16.5 Å². The third-order valence-corrected chi connectivity index (χ3v) is 4.02. The molecule has 0 aromatic carbocycles. The average Bonchev–Trinajstić information content (AvgIpc) is 2.68. The van der Waals surface area contributed by atoms with Crippen molar-refractivity contribution in [1.82, 2.24) is 9.88 Å². The van der Waals surface area contributed by atoms with Gasteiger partial charge in [0.05, 0.1) is 5.60 Å². The molecule has 0 fully saturated rings. The third kappa shape index (κ3) is 4.50. The monoisotopic (exact) mass is 322 g/mol. The van der Waals surface area contributed by atoms with Crippen LogP contribution in [0.1, 0.15) is 31.3 Å². The smallest absolute Gasteiger partial charge is 0.268 e. The fourth-order valence-electron chi connectivity index (χ4n) is 1.72. The zero-order chi connectivity index (χ0) is 15.6. The predicted molar refractivity (Wildman–Crippen MR) is 76.5 cm³/mol. The topological polar surface area (TPSA) is 77.4 Å². The number of hydrogen-bond acceptors (Lipinski definition) is 4. The molecule has 1 heterocycles. The van der Waals surface area contributed by atoms with Crippen molar-refractivity contribution in [1.29, 1.82) is 0 Å². The summed E-state index contributed by atoms with van der Waals surface area (Å²) in [4.78, 5) is 11.9. The number of nitrogens with one attached hydrogen (secondary N) is 1. The van der Waals surface area contributed by atoms with Gasteiger partial charge in [0.2, 0.25) is 0 Å². The Morgan fingerprint density at radius 2 is 2.10 bits per heavy atom. The van der Waals surface area contributed by atoms with Crippen molar-refractivity contribution in [2.75, 3.05) is 13.2 Å². The van der Waals surface area contributed by atoms with Crippen LogP contribution in [0.5, 0.6) is 0 Å². The van der Waals surface area contributed by atoms with E-state index in [0.717, 1.165) is 0 Å². The van der Waals surface area contributed by atoms with Crippen LogP contribution in [0.25, 0.3) is 0 Å². The molecule has 8 heteroatoms. The van der Waals surface area contributed by atoms with Gasteiger partial charge in [0.15, 0.2) is 0 Å². The van der Waals surface area contributed by atoms with Gasteiger partial charge in [0.1, 0.15) is 10.6 Å². The summed E-state index contributed by atoms with van der Waals surface area (Å²) in [7, 11) is 2.98. The van der Waals surface area contributed by atoms with Crippen molar-refractivity contribution in [2.24, 2.45) is 7.05 Å². The molecule has 114 valence electrons. The first kappa shape index (κ1) is 17.0. The van der Waals surface area contributed by atoms with Crippen molar-refractivity contribution >= 4 is 25.6 Å². The molecular formula is C12H19ClN2O4S. The zero-order valence-electron chi connectivity index (χ0n) is 11.9. The Morgan fingerprint density at radius 1 is 1.50 bits per heavy atom. The Bertz CT molecular complexity index is 593. The summed E-state index contributed by atoms with van der Waals surface area (Å²) >= 11 is 0. The summed E-state index contributed by atoms with van der Waals surface area (Å²) < 4.78 is 29.3. The molecule has 0 aliphatic rings. The lowest BCUT2D eigenvalue weighted by atomic mass is 10.1. The van der Waals surface area contributed by atoms with E-state index in [2.05, 4.69) is 5.32 Å². The largest absolute Gasteiger partial charge is 0.374 e. The van der Waals surface area contributed by atoms with Crippen LogP contribution in [0.4, 0.5) is 0 Å². The van der Waals surface area contributed by atoms with E-state index in [1.54, 1.807) is 7.05 Å². The second kappa shape index (κ2) is 6.15. The number of carbonyl (C=O) groups is 1. The molecule has 0 saturated heterocycles. The highest BCUT2D eigenvalue weighted by molar-refractivity contribution is 8.13. The normalized spacial score (nSPS) is 12.4. The van der Waals surface area contributed by atoms with Gasteiger partial charge in [0, 0.05) is 37.1 Å². The lowest BCUT2D eigenvalue weighted by Gasteiger charge is -2.24. The summed E-state index contributed by atoms with van der Waals surface area (Å²) in [5.41, 5.74) is -0.270. The predicted octanol–water partition coefficient (Wildman–Crippen LogP) is 1.50. The fourth-order valence-corrected chi connectivity index (χ4v) is 2.51. The maximum atomic E-state index is 12.0. The Balaban J connectivity index is 2.81. The van der Waals surface area contributed by atoms with Crippen molar-refractivity contribution in [3.63, 3.8) is 0 Å². The zero-order valence-corrected chi connectivity index (χ0v) is 13.5. The third-order valence-electron chi connectivity index (χ3n) is 2.70. The van der Waals surface area contributed by atoms with E-state index < -0.39 is 14.7 Å². The molecule has 1 aromatic rings. The van der Waals surface area contributed by atoms with Gasteiger partial charge < -0.3 is 14.6 Å². The Hall–Kier alpha value is -1.05. The van der Waals surface area contributed by atoms with Gasteiger partial charge in [-0.2, -0.15) is 0 Å². The molecule has 0 bridgehead atoms. The molecule has 0 saturated carbocycles. The van der Waals surface area contributed by atoms with Crippen LogP contribution in [-0.4, -0.2) is 37.6 Å². The first-order chi connectivity index (χ1) is 9.07. The summed E-state index contributed by atoms with van der Waals surface area (Å²) in [6.45, 7) is 6.45. The van der Waals surface area contributed by atoms with Gasteiger partial charge in [-0.15, -0.1) is 0 Å². The second-order valence-corrected chi connectivity index (χ2v) is 7.55. The highest BCUT2D eigenvalue weighted by Gasteiger charge is 2.22. The van der Waals surface area contributed by atoms with E-state index in [9.17, 15) is 13.2 Å². The Labute approximate surface area is 123 Å². The van der Waals surface area contributed by atoms with Crippen molar-refractivity contribution in [3.8, 4) is 0 Å². The number of aromatic nitrogens is 1. The molecule has 6 nitrogen and oxygen atoms in total. The number of halogens is 1. The van der Waals surface area contributed by atoms with Gasteiger partial charge in [-0.3, -0.25) is 4.79 Å². The van der Waals surface area contributed by atoms with E-state index in [1.165, 1.54) is 16.8 Å². The highest BCUT2D eigenvalue weighted by Crippen LogP contribution is 2.18. The van der Waals surface area contributed by atoms with Crippen LogP contribution in [0, 0.1) is 0 Å². The van der Waals surface area contributed by atoms with Crippen molar-refractivity contribution in [2.45, 2.75) is 31.3 Å². The Morgan fingerprint density at radius 3 is 2.55 bits per heavy atom. The van der Waals surface area contributed by atoms with Gasteiger partial charge in [-0.25, -0.2) is 8.42 Å². The summed E-state index contributed by atoms with van der Waals surface area (Å²) in [6.07, 6.45) is 1.30. The molecule has 20 heavy (non-hydrogen) atoms. The van der Waals surface area contributed by atoms with E-state index >= 15 is 0 Å². The van der Waals surface area contributed by atoms with E-state index in [0.29, 0.717) is 13.2 Å². The molecule has 1 rings (SSSR count). The number of hydrogen-bond donors (Lipinski definition) is 1. The molecule has 0 spiro atoms. The van der Waals surface area contributed by atoms with Crippen LogP contribution in [0.2, 0.25) is 0 Å². The van der Waals surface area contributed by atoms with Gasteiger partial charge in [-0.05, 0) is 26.8 Å². The molecule has 0 aliphatic carbocycles. The second-order valence-electron chi connectivity index (χ2n) is 4.99. The quantitative estimate of drug-likeness (QED) is 0.805. The standard InChI is InChI=1S/C12H19ClN2O4S/c1-5-19-12(2,3)8-14-11(16)10-6-9(7-15(10)4)20(13,17)18/h6-7H,5,8H2,1-4H3,(H,14,16). The summed E-state index contributed by atoms with van der Waals surface area (Å²) in [5.74, 6) is -0.383. The van der Waals surface area contributed by atoms with Crippen LogP contribution in [-0.2, 0) is 20.8 Å². The van der Waals surface area contributed by atoms with Crippen molar-refractivity contribution < 1.29 is 17.9 Å². The van der Waals surface area contributed by atoms with Crippen LogP contribution in [0.3, 0.4) is 0 Å². The first-order valence-corrected chi connectivity index (χ1v) is 8.41. The highest BCUT2D eigenvalue weighted by atomic mass is 35.7. The van der Waals surface area contributed by atoms with Gasteiger partial charge >= 0.3 is 0 Å². The molecule has 0 unspecified atom stereocenters. The minimum atomic E-state index is -3.84. The Kier molecular flexibility index (Phi) is 5.23. The number of carbonyl (C=O) groups excluding carboxylic acids is 1. The van der Waals surface area contributed by atoms with Gasteiger partial charge in [-0.1, -0.05) is 0 Å². The number of aryl methyl sites for hydroxylation is 1. The van der Waals surface area contributed by atoms with Gasteiger partial charge in [0.25, 0.3) is 15.0 Å². The molecule has 1 N–H and O–H groups in total. The molecular weight excluding hydrogens is 304 g/mol. The maximum Gasteiger partial charge on any atom is 0.268 e. The number of nitrogens with zero attached hydrogens (tertiary/aromatic N) is 1.